The molecule has 16 heavy (non-hydrogen) atoms. The van der Waals surface area contributed by atoms with Crippen LogP contribution >= 0.6 is 12.4 Å². The van der Waals surface area contributed by atoms with E-state index in [9.17, 15) is 0 Å². The number of benzene rings is 1. The Morgan fingerprint density at radius 3 is 2.00 bits per heavy atom. The van der Waals surface area contributed by atoms with E-state index in [1.54, 1.807) is 14.2 Å². The summed E-state index contributed by atoms with van der Waals surface area (Å²) in [6.45, 7) is 0.570. The second-order valence-corrected chi connectivity index (χ2v) is 3.33. The zero-order chi connectivity index (χ0) is 11.3. The fraction of sp³-hybridized carbons (Fsp3) is 0.455. The molecule has 1 atom stereocenters. The Kier molecular flexibility index (Phi) is 6.88. The molecule has 0 spiro atoms. The zero-order valence-electron chi connectivity index (χ0n) is 9.60. The highest BCUT2D eigenvalue weighted by atomic mass is 35.5. The van der Waals surface area contributed by atoms with E-state index in [1.165, 1.54) is 0 Å². The van der Waals surface area contributed by atoms with Gasteiger partial charge in [-0.15, -0.1) is 12.4 Å². The van der Waals surface area contributed by atoms with E-state index in [0.717, 1.165) is 23.5 Å². The molecule has 0 radical (unpaired) electrons. The molecule has 4 N–H and O–H groups in total. The summed E-state index contributed by atoms with van der Waals surface area (Å²) >= 11 is 0. The highest BCUT2D eigenvalue weighted by Gasteiger charge is 2.08. The van der Waals surface area contributed by atoms with Gasteiger partial charge >= 0.3 is 0 Å². The number of nitrogens with two attached hydrogens (primary N) is 2. The van der Waals surface area contributed by atoms with Crippen LogP contribution in [-0.2, 0) is 0 Å². The summed E-state index contributed by atoms with van der Waals surface area (Å²) in [7, 11) is 3.24. The molecule has 1 aromatic carbocycles. The maximum Gasteiger partial charge on any atom is 0.122 e. The lowest BCUT2D eigenvalue weighted by molar-refractivity contribution is 0.392. The van der Waals surface area contributed by atoms with Crippen LogP contribution < -0.4 is 20.9 Å². The van der Waals surface area contributed by atoms with Crippen molar-refractivity contribution in [3.05, 3.63) is 23.8 Å². The van der Waals surface area contributed by atoms with Gasteiger partial charge in [0.1, 0.15) is 11.5 Å². The first-order valence-corrected chi connectivity index (χ1v) is 4.90. The van der Waals surface area contributed by atoms with Crippen LogP contribution in [0.25, 0.3) is 0 Å². The second kappa shape index (κ2) is 7.33. The predicted molar refractivity (Wildman–Crippen MR) is 67.4 cm³/mol. The van der Waals surface area contributed by atoms with Crippen molar-refractivity contribution < 1.29 is 9.47 Å². The van der Waals surface area contributed by atoms with Gasteiger partial charge in [-0.05, 0) is 30.7 Å². The fourth-order valence-electron chi connectivity index (χ4n) is 1.39. The number of rotatable bonds is 5. The third-order valence-corrected chi connectivity index (χ3v) is 2.28. The predicted octanol–water partition coefficient (Wildman–Crippen LogP) is 1.47. The number of methoxy groups -OCH3 is 2. The van der Waals surface area contributed by atoms with Crippen molar-refractivity contribution in [2.45, 2.75) is 12.5 Å². The number of hydrogen-bond donors (Lipinski definition) is 2. The maximum atomic E-state index is 5.96. The molecular weight excluding hydrogens is 228 g/mol. The summed E-state index contributed by atoms with van der Waals surface area (Å²) in [5.74, 6) is 1.49. The normalized spacial score (nSPS) is 11.5. The van der Waals surface area contributed by atoms with Crippen molar-refractivity contribution in [3.63, 3.8) is 0 Å². The summed E-state index contributed by atoms with van der Waals surface area (Å²) in [6, 6.07) is 5.56. The van der Waals surface area contributed by atoms with Gasteiger partial charge in [0, 0.05) is 12.1 Å². The SMILES string of the molecule is COc1cc(OC)cc([C@H](N)CCN)c1.Cl. The number of hydrogen-bond acceptors (Lipinski definition) is 4. The first-order valence-electron chi connectivity index (χ1n) is 4.90. The third kappa shape index (κ3) is 3.89. The molecule has 0 fully saturated rings. The van der Waals surface area contributed by atoms with Crippen molar-refractivity contribution in [3.8, 4) is 11.5 Å². The Morgan fingerprint density at radius 2 is 1.62 bits per heavy atom. The summed E-state index contributed by atoms with van der Waals surface area (Å²) in [5, 5.41) is 0. The van der Waals surface area contributed by atoms with Gasteiger partial charge in [0.05, 0.1) is 14.2 Å². The van der Waals surface area contributed by atoms with E-state index in [4.69, 9.17) is 20.9 Å². The van der Waals surface area contributed by atoms with E-state index in [0.29, 0.717) is 6.54 Å². The summed E-state index contributed by atoms with van der Waals surface area (Å²) in [5.41, 5.74) is 12.4. The van der Waals surface area contributed by atoms with Crippen LogP contribution in [0, 0.1) is 0 Å². The van der Waals surface area contributed by atoms with Crippen molar-refractivity contribution in [2.75, 3.05) is 20.8 Å². The largest absolute Gasteiger partial charge is 0.497 e. The molecule has 0 aliphatic rings. The van der Waals surface area contributed by atoms with E-state index >= 15 is 0 Å². The Hall–Kier alpha value is -0.970. The molecule has 0 bridgehead atoms. The Morgan fingerprint density at radius 1 is 1.12 bits per heavy atom. The highest BCUT2D eigenvalue weighted by molar-refractivity contribution is 5.85. The van der Waals surface area contributed by atoms with Crippen LogP contribution in [0.3, 0.4) is 0 Å². The maximum absolute atomic E-state index is 5.96. The molecule has 4 nitrogen and oxygen atoms in total. The van der Waals surface area contributed by atoms with E-state index in [-0.39, 0.29) is 18.4 Å². The van der Waals surface area contributed by atoms with Crippen LogP contribution in [0.5, 0.6) is 11.5 Å². The van der Waals surface area contributed by atoms with Crippen LogP contribution in [-0.4, -0.2) is 20.8 Å². The Bertz CT molecular complexity index is 299. The molecule has 1 aromatic rings. The molecule has 0 aliphatic carbocycles. The summed E-state index contributed by atoms with van der Waals surface area (Å²) < 4.78 is 10.3. The first kappa shape index (κ1) is 15.0. The minimum absolute atomic E-state index is 0. The lowest BCUT2D eigenvalue weighted by Gasteiger charge is -2.13. The molecule has 0 unspecified atom stereocenters. The van der Waals surface area contributed by atoms with Gasteiger partial charge < -0.3 is 20.9 Å². The summed E-state index contributed by atoms with van der Waals surface area (Å²) in [4.78, 5) is 0. The van der Waals surface area contributed by atoms with Crippen LogP contribution in [0.4, 0.5) is 0 Å². The Labute approximate surface area is 102 Å². The average Bonchev–Trinajstić information content (AvgIpc) is 2.28. The monoisotopic (exact) mass is 246 g/mol. The molecule has 5 heteroatoms. The molecule has 0 amide bonds. The number of ether oxygens (including phenoxy) is 2. The molecular formula is C11H19ClN2O2. The van der Waals surface area contributed by atoms with E-state index in [2.05, 4.69) is 0 Å². The lowest BCUT2D eigenvalue weighted by Crippen LogP contribution is -2.15. The molecule has 92 valence electrons. The van der Waals surface area contributed by atoms with Gasteiger partial charge in [-0.25, -0.2) is 0 Å². The van der Waals surface area contributed by atoms with Gasteiger partial charge in [-0.1, -0.05) is 0 Å². The molecule has 0 heterocycles. The van der Waals surface area contributed by atoms with Crippen molar-refractivity contribution in [1.82, 2.24) is 0 Å². The molecule has 0 saturated carbocycles. The van der Waals surface area contributed by atoms with Gasteiger partial charge in [-0.2, -0.15) is 0 Å². The quantitative estimate of drug-likeness (QED) is 0.826. The molecule has 1 rings (SSSR count). The van der Waals surface area contributed by atoms with E-state index < -0.39 is 0 Å². The van der Waals surface area contributed by atoms with Crippen LogP contribution in [0.2, 0.25) is 0 Å². The van der Waals surface area contributed by atoms with Gasteiger partial charge in [-0.3, -0.25) is 0 Å². The second-order valence-electron chi connectivity index (χ2n) is 3.33. The average molecular weight is 247 g/mol. The van der Waals surface area contributed by atoms with Crippen molar-refractivity contribution in [1.29, 1.82) is 0 Å². The van der Waals surface area contributed by atoms with Crippen LogP contribution in [0.1, 0.15) is 18.0 Å². The smallest absolute Gasteiger partial charge is 0.122 e. The first-order chi connectivity index (χ1) is 7.21. The zero-order valence-corrected chi connectivity index (χ0v) is 10.4. The highest BCUT2D eigenvalue weighted by Crippen LogP contribution is 2.26. The van der Waals surface area contributed by atoms with Gasteiger partial charge in [0.25, 0.3) is 0 Å². The Balaban J connectivity index is 0.00000225. The van der Waals surface area contributed by atoms with Crippen LogP contribution in [0.15, 0.2) is 18.2 Å². The standard InChI is InChI=1S/C11H18N2O2.ClH/c1-14-9-5-8(11(13)3-4-12)6-10(7-9)15-2;/h5-7,11H,3-4,12-13H2,1-2H3;1H/t11-;/m1./s1. The minimum Gasteiger partial charge on any atom is -0.497 e. The fourth-order valence-corrected chi connectivity index (χ4v) is 1.39. The van der Waals surface area contributed by atoms with Gasteiger partial charge in [0.2, 0.25) is 0 Å². The minimum atomic E-state index is -0.0704. The summed E-state index contributed by atoms with van der Waals surface area (Å²) in [6.07, 6.45) is 0.746. The van der Waals surface area contributed by atoms with Crippen molar-refractivity contribution in [2.24, 2.45) is 11.5 Å². The lowest BCUT2D eigenvalue weighted by atomic mass is 10.0. The molecule has 0 aliphatic heterocycles. The topological polar surface area (TPSA) is 70.5 Å². The van der Waals surface area contributed by atoms with E-state index in [1.807, 2.05) is 18.2 Å². The molecule has 0 aromatic heterocycles. The van der Waals surface area contributed by atoms with Gasteiger partial charge in [0.15, 0.2) is 0 Å². The third-order valence-electron chi connectivity index (χ3n) is 2.28. The number of halogens is 1. The van der Waals surface area contributed by atoms with Crippen molar-refractivity contribution >= 4 is 12.4 Å². The molecule has 0 saturated heterocycles.